The van der Waals surface area contributed by atoms with Gasteiger partial charge in [0.05, 0.1) is 6.04 Å². The minimum absolute atomic E-state index is 0.0304. The number of rotatable bonds is 10. The van der Waals surface area contributed by atoms with Crippen molar-refractivity contribution < 1.29 is 36.5 Å². The number of nitrogens with two attached hydrogens (primary N) is 2. The van der Waals surface area contributed by atoms with E-state index in [0.717, 1.165) is 17.4 Å². The Morgan fingerprint density at radius 2 is 2.14 bits per heavy atom. The summed E-state index contributed by atoms with van der Waals surface area (Å²) >= 11 is 1.01. The molecule has 7 N–H and O–H groups in total. The van der Waals surface area contributed by atoms with E-state index < -0.39 is 40.0 Å². The molecule has 2 atom stereocenters. The number of amidine groups is 1. The number of carbonyl (C=O) groups is 2. The van der Waals surface area contributed by atoms with Crippen molar-refractivity contribution in [3.63, 3.8) is 0 Å². The molecule has 1 fully saturated rings. The largest absolute Gasteiger partial charge is 0.487 e. The van der Waals surface area contributed by atoms with Gasteiger partial charge in [-0.05, 0) is 25.1 Å². The maximum atomic E-state index is 14.0. The van der Waals surface area contributed by atoms with Crippen LogP contribution in [0.4, 0.5) is 9.52 Å². The first-order chi connectivity index (χ1) is 16.4. The lowest BCUT2D eigenvalue weighted by molar-refractivity contribution is -0.143. The van der Waals surface area contributed by atoms with Crippen molar-refractivity contribution in [2.24, 2.45) is 10.9 Å². The minimum atomic E-state index is -4.76. The highest BCUT2D eigenvalue weighted by molar-refractivity contribution is 7.84. The highest BCUT2D eigenvalue weighted by atomic mass is 32.2. The van der Waals surface area contributed by atoms with Gasteiger partial charge in [0.1, 0.15) is 24.2 Å². The first-order valence-corrected chi connectivity index (χ1v) is 12.0. The minimum Gasteiger partial charge on any atom is -0.487 e. The van der Waals surface area contributed by atoms with Gasteiger partial charge in [0.2, 0.25) is 0 Å². The van der Waals surface area contributed by atoms with Gasteiger partial charge in [0, 0.05) is 10.9 Å². The fourth-order valence-corrected chi connectivity index (χ4v) is 4.43. The van der Waals surface area contributed by atoms with Crippen LogP contribution in [-0.2, 0) is 24.7 Å². The topological polar surface area (TPSA) is 223 Å². The van der Waals surface area contributed by atoms with Gasteiger partial charge in [-0.2, -0.15) is 8.42 Å². The molecule has 0 unspecified atom stereocenters. The number of thiazole rings is 1. The van der Waals surface area contributed by atoms with Gasteiger partial charge in [-0.25, -0.2) is 13.7 Å². The molecule has 0 aliphatic carbocycles. The van der Waals surface area contributed by atoms with Crippen molar-refractivity contribution >= 4 is 50.1 Å². The summed E-state index contributed by atoms with van der Waals surface area (Å²) in [6.07, 6.45) is 0. The number of benzene rings is 1. The van der Waals surface area contributed by atoms with Crippen molar-refractivity contribution in [3.05, 3.63) is 40.7 Å². The molecule has 1 aromatic heterocycles. The number of oxime groups is 1. The molecule has 0 saturated carbocycles. The molecular formula is C18H20FN7O7S2. The van der Waals surface area contributed by atoms with E-state index in [1.54, 1.807) is 0 Å². The first kappa shape index (κ1) is 25.8. The summed E-state index contributed by atoms with van der Waals surface area (Å²) in [5.74, 6) is -3.10. The lowest BCUT2D eigenvalue weighted by Gasteiger charge is -2.42. The number of nitrogens with one attached hydrogen (secondary N) is 2. The van der Waals surface area contributed by atoms with Gasteiger partial charge in [-0.15, -0.1) is 11.3 Å². The van der Waals surface area contributed by atoms with Gasteiger partial charge >= 0.3 is 10.3 Å². The number of anilines is 1. The van der Waals surface area contributed by atoms with Crippen LogP contribution in [0.2, 0.25) is 0 Å². The predicted molar refractivity (Wildman–Crippen MR) is 122 cm³/mol. The zero-order chi connectivity index (χ0) is 25.9. The fraction of sp³-hybridized carbons (Fsp3) is 0.278. The van der Waals surface area contributed by atoms with Crippen molar-refractivity contribution in [1.29, 1.82) is 5.41 Å². The van der Waals surface area contributed by atoms with E-state index in [9.17, 15) is 22.4 Å². The number of nitrogen functional groups attached to an aromatic ring is 2. The number of ether oxygens (including phenoxy) is 1. The van der Waals surface area contributed by atoms with E-state index in [-0.39, 0.29) is 51.2 Å². The Balaban J connectivity index is 1.64. The summed E-state index contributed by atoms with van der Waals surface area (Å²) in [4.78, 5) is 33.8. The molecule has 2 aromatic rings. The Morgan fingerprint density at radius 1 is 1.43 bits per heavy atom. The standard InChI is InChI=1S/C18H20FN7O7S2/c1-8-13(17(28)26(8)35(29,30)31)24-16(27)14(11-7-34-18(22)23-11)25-33-5-4-32-12-3-2-9(15(20)21)6-10(12)19/h2-3,6-8,13H,4-5H2,1H3,(H3,20,21)(H2,22,23)(H,24,27)(H,29,30,31)/b25-14-/t8-,13-/m0/s1. The Hall–Kier alpha value is -3.83. The van der Waals surface area contributed by atoms with Gasteiger partial charge in [0.15, 0.2) is 29.0 Å². The van der Waals surface area contributed by atoms with Crippen LogP contribution in [0.1, 0.15) is 18.2 Å². The van der Waals surface area contributed by atoms with Crippen molar-refractivity contribution in [3.8, 4) is 5.75 Å². The van der Waals surface area contributed by atoms with Crippen molar-refractivity contribution in [1.82, 2.24) is 14.6 Å². The number of amides is 2. The second-order valence-corrected chi connectivity index (χ2v) is 9.23. The molecule has 2 amide bonds. The fourth-order valence-electron chi connectivity index (χ4n) is 3.00. The average molecular weight is 530 g/mol. The molecule has 1 aliphatic rings. The molecular weight excluding hydrogens is 509 g/mol. The lowest BCUT2D eigenvalue weighted by atomic mass is 10.0. The highest BCUT2D eigenvalue weighted by Gasteiger charge is 2.51. The Labute approximate surface area is 202 Å². The number of carbonyl (C=O) groups excluding carboxylic acids is 2. The third kappa shape index (κ3) is 5.81. The second-order valence-electron chi connectivity index (χ2n) is 7.06. The van der Waals surface area contributed by atoms with Crippen LogP contribution >= 0.6 is 11.3 Å². The molecule has 2 heterocycles. The summed E-state index contributed by atoms with van der Waals surface area (Å²) in [6, 6.07) is 1.45. The van der Waals surface area contributed by atoms with E-state index in [1.807, 2.05) is 0 Å². The van der Waals surface area contributed by atoms with Gasteiger partial charge in [-0.3, -0.25) is 19.6 Å². The molecule has 17 heteroatoms. The van der Waals surface area contributed by atoms with Crippen molar-refractivity contribution in [2.75, 3.05) is 18.9 Å². The molecule has 188 valence electrons. The molecule has 0 radical (unpaired) electrons. The summed E-state index contributed by atoms with van der Waals surface area (Å²) < 4.78 is 51.0. The number of halogens is 1. The van der Waals surface area contributed by atoms with E-state index in [2.05, 4.69) is 15.5 Å². The van der Waals surface area contributed by atoms with Crippen LogP contribution in [0, 0.1) is 11.2 Å². The third-order valence-corrected chi connectivity index (χ3v) is 6.36. The SMILES string of the molecule is C[C@H]1[C@H](NC(=O)/C(=N\OCCOc2ccc(C(=N)N)cc2F)c2csc(N)n2)C(=O)N1S(=O)(=O)O. The molecule has 1 saturated heterocycles. The zero-order valence-corrected chi connectivity index (χ0v) is 19.6. The summed E-state index contributed by atoms with van der Waals surface area (Å²) in [5, 5.41) is 14.9. The smallest absolute Gasteiger partial charge is 0.362 e. The normalized spacial score (nSPS) is 18.1. The van der Waals surface area contributed by atoms with Crippen LogP contribution in [0.15, 0.2) is 28.7 Å². The first-order valence-electron chi connectivity index (χ1n) is 9.69. The van der Waals surface area contributed by atoms with Crippen molar-refractivity contribution in [2.45, 2.75) is 19.0 Å². The van der Waals surface area contributed by atoms with E-state index in [0.29, 0.717) is 0 Å². The van der Waals surface area contributed by atoms with Crippen LogP contribution < -0.4 is 21.5 Å². The van der Waals surface area contributed by atoms with E-state index >= 15 is 0 Å². The lowest BCUT2D eigenvalue weighted by Crippen LogP contribution is -2.71. The number of β-lactam (4-membered cyclic amide) rings is 1. The Kier molecular flexibility index (Phi) is 7.51. The zero-order valence-electron chi connectivity index (χ0n) is 18.0. The molecule has 0 bridgehead atoms. The molecule has 0 spiro atoms. The van der Waals surface area contributed by atoms with Crippen LogP contribution in [-0.4, -0.2) is 70.9 Å². The second kappa shape index (κ2) is 10.2. The Morgan fingerprint density at radius 3 is 2.69 bits per heavy atom. The number of aromatic nitrogens is 1. The van der Waals surface area contributed by atoms with Gasteiger partial charge in [0.25, 0.3) is 11.8 Å². The highest BCUT2D eigenvalue weighted by Crippen LogP contribution is 2.23. The van der Waals surface area contributed by atoms with Gasteiger partial charge < -0.3 is 26.4 Å². The maximum Gasteiger partial charge on any atom is 0.362 e. The number of hydrogen-bond donors (Lipinski definition) is 5. The quantitative estimate of drug-likeness (QED) is 0.0660. The summed E-state index contributed by atoms with van der Waals surface area (Å²) in [6.45, 7) is 0.919. The monoisotopic (exact) mass is 529 g/mol. The summed E-state index contributed by atoms with van der Waals surface area (Å²) in [7, 11) is -4.76. The Bertz CT molecular complexity index is 1300. The van der Waals surface area contributed by atoms with Crippen LogP contribution in [0.5, 0.6) is 5.75 Å². The average Bonchev–Trinajstić information content (AvgIpc) is 3.20. The van der Waals surface area contributed by atoms with Crippen LogP contribution in [0.25, 0.3) is 0 Å². The van der Waals surface area contributed by atoms with Gasteiger partial charge in [-0.1, -0.05) is 5.16 Å². The van der Waals surface area contributed by atoms with E-state index in [4.69, 9.17) is 31.0 Å². The molecule has 14 nitrogen and oxygen atoms in total. The molecule has 3 rings (SSSR count). The molecule has 1 aliphatic heterocycles. The molecule has 35 heavy (non-hydrogen) atoms. The third-order valence-electron chi connectivity index (χ3n) is 4.68. The predicted octanol–water partition coefficient (Wildman–Crippen LogP) is -0.534. The summed E-state index contributed by atoms with van der Waals surface area (Å²) in [5.41, 5.74) is 10.8. The maximum absolute atomic E-state index is 14.0. The van der Waals surface area contributed by atoms with E-state index in [1.165, 1.54) is 24.4 Å². The number of hydrogen-bond acceptors (Lipinski definition) is 11. The van der Waals surface area contributed by atoms with Crippen LogP contribution in [0.3, 0.4) is 0 Å². The number of nitrogens with zero attached hydrogens (tertiary/aromatic N) is 3. The molecule has 1 aromatic carbocycles.